The summed E-state index contributed by atoms with van der Waals surface area (Å²) in [6.45, 7) is 3.54. The molecule has 2 rings (SSSR count). The minimum atomic E-state index is -0.805. The number of carbonyl (C=O) groups is 1. The average Bonchev–Trinajstić information content (AvgIpc) is 2.69. The Balaban J connectivity index is 2.15. The maximum atomic E-state index is 10.8. The van der Waals surface area contributed by atoms with Crippen LogP contribution in [0.25, 0.3) is 11.1 Å². The van der Waals surface area contributed by atoms with Gasteiger partial charge in [-0.15, -0.1) is 0 Å². The van der Waals surface area contributed by atoms with Gasteiger partial charge in [-0.2, -0.15) is 0 Å². The number of benzene rings is 1. The zero-order valence-corrected chi connectivity index (χ0v) is 10.4. The van der Waals surface area contributed by atoms with Crippen molar-refractivity contribution in [2.45, 2.75) is 24.3 Å². The van der Waals surface area contributed by atoms with Crippen molar-refractivity contribution in [1.82, 2.24) is 4.98 Å². The average molecular weight is 251 g/mol. The summed E-state index contributed by atoms with van der Waals surface area (Å²) >= 11 is 1.35. The van der Waals surface area contributed by atoms with Crippen LogP contribution in [-0.4, -0.2) is 21.3 Å². The summed E-state index contributed by atoms with van der Waals surface area (Å²) in [6.07, 6.45) is 0. The molecular formula is C12H13NO3S. The second-order valence-corrected chi connectivity index (χ2v) is 5.23. The van der Waals surface area contributed by atoms with Crippen molar-refractivity contribution in [2.75, 3.05) is 0 Å². The highest BCUT2D eigenvalue weighted by Crippen LogP contribution is 2.29. The summed E-state index contributed by atoms with van der Waals surface area (Å²) in [7, 11) is 0. The molecular weight excluding hydrogens is 238 g/mol. The molecule has 2 atom stereocenters. The molecule has 0 aliphatic heterocycles. The number of aliphatic carboxylic acids is 1. The second kappa shape index (κ2) is 4.79. The third-order valence-corrected chi connectivity index (χ3v) is 3.81. The van der Waals surface area contributed by atoms with Crippen LogP contribution < -0.4 is 0 Å². The van der Waals surface area contributed by atoms with Gasteiger partial charge in [-0.3, -0.25) is 4.79 Å². The van der Waals surface area contributed by atoms with E-state index in [1.165, 1.54) is 11.8 Å². The molecule has 0 aliphatic rings. The molecule has 90 valence electrons. The molecule has 0 radical (unpaired) electrons. The van der Waals surface area contributed by atoms with E-state index in [4.69, 9.17) is 9.52 Å². The van der Waals surface area contributed by atoms with Gasteiger partial charge in [0.15, 0.2) is 5.58 Å². The fourth-order valence-electron chi connectivity index (χ4n) is 1.36. The third kappa shape index (κ3) is 2.61. The smallest absolute Gasteiger partial charge is 0.307 e. The van der Waals surface area contributed by atoms with Gasteiger partial charge in [0, 0.05) is 5.25 Å². The summed E-state index contributed by atoms with van der Waals surface area (Å²) in [5.74, 6) is -1.24. The number of fused-ring (bicyclic) bond motifs is 1. The van der Waals surface area contributed by atoms with Gasteiger partial charge in [-0.1, -0.05) is 37.7 Å². The summed E-state index contributed by atoms with van der Waals surface area (Å²) in [4.78, 5) is 15.1. The van der Waals surface area contributed by atoms with Gasteiger partial charge in [0.25, 0.3) is 5.22 Å². The molecule has 0 aliphatic carbocycles. The van der Waals surface area contributed by atoms with Crippen molar-refractivity contribution in [3.8, 4) is 0 Å². The number of para-hydroxylation sites is 2. The number of hydrogen-bond acceptors (Lipinski definition) is 4. The number of hydrogen-bond donors (Lipinski definition) is 1. The maximum Gasteiger partial charge on any atom is 0.307 e. The van der Waals surface area contributed by atoms with Crippen molar-refractivity contribution >= 4 is 28.8 Å². The molecule has 2 unspecified atom stereocenters. The van der Waals surface area contributed by atoms with E-state index in [0.717, 1.165) is 11.1 Å². The molecule has 4 nitrogen and oxygen atoms in total. The van der Waals surface area contributed by atoms with Crippen LogP contribution >= 0.6 is 11.8 Å². The van der Waals surface area contributed by atoms with Crippen molar-refractivity contribution in [3.63, 3.8) is 0 Å². The van der Waals surface area contributed by atoms with Crippen LogP contribution in [0.15, 0.2) is 33.9 Å². The fraction of sp³-hybridized carbons (Fsp3) is 0.333. The van der Waals surface area contributed by atoms with Crippen LogP contribution in [-0.2, 0) is 4.79 Å². The van der Waals surface area contributed by atoms with Gasteiger partial charge >= 0.3 is 5.97 Å². The second-order valence-electron chi connectivity index (χ2n) is 3.90. The number of carboxylic acid groups (broad SMARTS) is 1. The van der Waals surface area contributed by atoms with Crippen LogP contribution in [0.3, 0.4) is 0 Å². The van der Waals surface area contributed by atoms with Gasteiger partial charge < -0.3 is 9.52 Å². The normalized spacial score (nSPS) is 14.7. The van der Waals surface area contributed by atoms with E-state index in [-0.39, 0.29) is 5.25 Å². The monoisotopic (exact) mass is 251 g/mol. The molecule has 0 saturated carbocycles. The third-order valence-electron chi connectivity index (χ3n) is 2.65. The first kappa shape index (κ1) is 12.0. The Morgan fingerprint density at radius 2 is 2.12 bits per heavy atom. The predicted octanol–water partition coefficient (Wildman–Crippen LogP) is 3.03. The lowest BCUT2D eigenvalue weighted by Crippen LogP contribution is -2.19. The topological polar surface area (TPSA) is 63.3 Å². The van der Waals surface area contributed by atoms with Crippen LogP contribution in [0.5, 0.6) is 0 Å². The lowest BCUT2D eigenvalue weighted by molar-refractivity contribution is -0.140. The summed E-state index contributed by atoms with van der Waals surface area (Å²) < 4.78 is 5.53. The number of rotatable bonds is 4. The first-order valence-corrected chi connectivity index (χ1v) is 6.21. The van der Waals surface area contributed by atoms with Crippen molar-refractivity contribution in [2.24, 2.45) is 5.92 Å². The number of nitrogens with zero attached hydrogens (tertiary/aromatic N) is 1. The van der Waals surface area contributed by atoms with Crippen molar-refractivity contribution in [1.29, 1.82) is 0 Å². The Hall–Kier alpha value is -1.49. The van der Waals surface area contributed by atoms with E-state index >= 15 is 0 Å². The molecule has 0 bridgehead atoms. The van der Waals surface area contributed by atoms with Gasteiger partial charge in [0.05, 0.1) is 5.92 Å². The molecule has 0 spiro atoms. The van der Waals surface area contributed by atoms with E-state index in [1.807, 2.05) is 31.2 Å². The van der Waals surface area contributed by atoms with Crippen molar-refractivity contribution in [3.05, 3.63) is 24.3 Å². The van der Waals surface area contributed by atoms with E-state index in [2.05, 4.69) is 4.98 Å². The van der Waals surface area contributed by atoms with Gasteiger partial charge in [0.1, 0.15) is 5.52 Å². The molecule has 17 heavy (non-hydrogen) atoms. The Kier molecular flexibility index (Phi) is 3.38. The van der Waals surface area contributed by atoms with Gasteiger partial charge in [0.2, 0.25) is 0 Å². The maximum absolute atomic E-state index is 10.8. The highest BCUT2D eigenvalue weighted by molar-refractivity contribution is 7.99. The number of carboxylic acids is 1. The Labute approximate surface area is 103 Å². The summed E-state index contributed by atoms with van der Waals surface area (Å²) in [5.41, 5.74) is 1.52. The lowest BCUT2D eigenvalue weighted by atomic mass is 10.1. The van der Waals surface area contributed by atoms with Crippen LogP contribution in [0, 0.1) is 5.92 Å². The number of oxazole rings is 1. The Bertz CT molecular complexity index is 504. The van der Waals surface area contributed by atoms with E-state index in [9.17, 15) is 4.79 Å². The minimum absolute atomic E-state index is 0.0828. The first-order valence-electron chi connectivity index (χ1n) is 5.33. The van der Waals surface area contributed by atoms with Crippen LogP contribution in [0.1, 0.15) is 13.8 Å². The number of aromatic nitrogens is 1. The zero-order valence-electron chi connectivity index (χ0n) is 9.58. The molecule has 2 aromatic rings. The minimum Gasteiger partial charge on any atom is -0.481 e. The SMILES string of the molecule is CC(Sc1nc2ccccc2o1)C(C)C(=O)O. The van der Waals surface area contributed by atoms with Crippen LogP contribution in [0.2, 0.25) is 0 Å². The molecule has 1 aromatic carbocycles. The summed E-state index contributed by atoms with van der Waals surface area (Å²) in [6, 6.07) is 7.49. The van der Waals surface area contributed by atoms with Gasteiger partial charge in [-0.25, -0.2) is 4.98 Å². The Morgan fingerprint density at radius 3 is 2.76 bits per heavy atom. The summed E-state index contributed by atoms with van der Waals surface area (Å²) in [5, 5.41) is 9.34. The van der Waals surface area contributed by atoms with E-state index < -0.39 is 11.9 Å². The Morgan fingerprint density at radius 1 is 1.41 bits per heavy atom. The van der Waals surface area contributed by atoms with Gasteiger partial charge in [-0.05, 0) is 12.1 Å². The molecule has 0 amide bonds. The number of thioether (sulfide) groups is 1. The standard InChI is InChI=1S/C12H13NO3S/c1-7(11(14)15)8(2)17-12-13-9-5-3-4-6-10(9)16-12/h3-8H,1-2H3,(H,14,15). The quantitative estimate of drug-likeness (QED) is 0.846. The highest BCUT2D eigenvalue weighted by Gasteiger charge is 2.22. The van der Waals surface area contributed by atoms with Crippen molar-refractivity contribution < 1.29 is 14.3 Å². The molecule has 5 heteroatoms. The van der Waals surface area contributed by atoms with E-state index in [0.29, 0.717) is 5.22 Å². The highest BCUT2D eigenvalue weighted by atomic mass is 32.2. The molecule has 0 fully saturated rings. The predicted molar refractivity (Wildman–Crippen MR) is 66.1 cm³/mol. The molecule has 1 N–H and O–H groups in total. The fourth-order valence-corrected chi connectivity index (χ4v) is 2.29. The first-order chi connectivity index (χ1) is 8.08. The molecule has 1 aromatic heterocycles. The lowest BCUT2D eigenvalue weighted by Gasteiger charge is -2.12. The van der Waals surface area contributed by atoms with E-state index in [1.54, 1.807) is 6.92 Å². The zero-order chi connectivity index (χ0) is 12.4. The molecule has 0 saturated heterocycles. The largest absolute Gasteiger partial charge is 0.481 e. The van der Waals surface area contributed by atoms with Crippen LogP contribution in [0.4, 0.5) is 0 Å². The molecule has 1 heterocycles.